The van der Waals surface area contributed by atoms with E-state index in [0.717, 1.165) is 12.8 Å². The van der Waals surface area contributed by atoms with Crippen molar-refractivity contribution in [2.45, 2.75) is 19.8 Å². The van der Waals surface area contributed by atoms with Crippen LogP contribution in [-0.4, -0.2) is 20.0 Å². The number of ketones is 1. The molecule has 0 amide bonds. The summed E-state index contributed by atoms with van der Waals surface area (Å²) < 4.78 is 10.4. The molecule has 2 aromatic carbocycles. The summed E-state index contributed by atoms with van der Waals surface area (Å²) in [4.78, 5) is 12.5. The van der Waals surface area contributed by atoms with Crippen LogP contribution < -0.4 is 9.47 Å². The van der Waals surface area contributed by atoms with E-state index in [4.69, 9.17) is 9.47 Å². The zero-order valence-electron chi connectivity index (χ0n) is 12.7. The van der Waals surface area contributed by atoms with E-state index in [2.05, 4.69) is 6.92 Å². The van der Waals surface area contributed by atoms with Crippen molar-refractivity contribution >= 4 is 5.78 Å². The van der Waals surface area contributed by atoms with Crippen LogP contribution in [0, 0.1) is 0 Å². The molecule has 0 saturated heterocycles. The molecular formula is C18H20O3. The Morgan fingerprint density at radius 1 is 0.905 bits per heavy atom. The molecule has 0 unspecified atom stereocenters. The van der Waals surface area contributed by atoms with Gasteiger partial charge in [0.15, 0.2) is 17.3 Å². The third-order valence-electron chi connectivity index (χ3n) is 3.40. The van der Waals surface area contributed by atoms with Crippen molar-refractivity contribution in [3.63, 3.8) is 0 Å². The van der Waals surface area contributed by atoms with Gasteiger partial charge in [-0.05, 0) is 30.2 Å². The molecular weight excluding hydrogens is 264 g/mol. The van der Waals surface area contributed by atoms with E-state index < -0.39 is 0 Å². The van der Waals surface area contributed by atoms with Crippen molar-refractivity contribution in [1.29, 1.82) is 0 Å². The zero-order valence-corrected chi connectivity index (χ0v) is 12.7. The molecule has 0 aromatic heterocycles. The Morgan fingerprint density at radius 2 is 1.52 bits per heavy atom. The van der Waals surface area contributed by atoms with Crippen LogP contribution in [0.5, 0.6) is 11.5 Å². The van der Waals surface area contributed by atoms with Gasteiger partial charge in [0.1, 0.15) is 0 Å². The zero-order chi connectivity index (χ0) is 15.2. The lowest BCUT2D eigenvalue weighted by Gasteiger charge is -2.09. The van der Waals surface area contributed by atoms with Crippen molar-refractivity contribution in [2.75, 3.05) is 14.2 Å². The van der Waals surface area contributed by atoms with Crippen LogP contribution in [0.25, 0.3) is 0 Å². The number of hydrogen-bond acceptors (Lipinski definition) is 3. The number of methoxy groups -OCH3 is 2. The van der Waals surface area contributed by atoms with Crippen molar-refractivity contribution in [3.05, 3.63) is 59.2 Å². The highest BCUT2D eigenvalue weighted by Gasteiger charge is 2.12. The van der Waals surface area contributed by atoms with Crippen molar-refractivity contribution in [1.82, 2.24) is 0 Å². The van der Waals surface area contributed by atoms with Gasteiger partial charge in [-0.3, -0.25) is 4.79 Å². The summed E-state index contributed by atoms with van der Waals surface area (Å²) in [5.74, 6) is 1.16. The molecule has 0 heterocycles. The second-order valence-electron chi connectivity index (χ2n) is 4.85. The molecule has 2 aromatic rings. The van der Waals surface area contributed by atoms with Gasteiger partial charge in [0.25, 0.3) is 0 Å². The Kier molecular flexibility index (Phi) is 4.99. The van der Waals surface area contributed by atoms with Gasteiger partial charge in [-0.15, -0.1) is 0 Å². The molecule has 0 bridgehead atoms. The fourth-order valence-electron chi connectivity index (χ4n) is 2.26. The maximum absolute atomic E-state index is 12.5. The first kappa shape index (κ1) is 15.1. The molecule has 0 aliphatic heterocycles. The van der Waals surface area contributed by atoms with Crippen LogP contribution in [0.15, 0.2) is 42.5 Å². The maximum Gasteiger partial charge on any atom is 0.193 e. The largest absolute Gasteiger partial charge is 0.493 e. The number of benzene rings is 2. The lowest BCUT2D eigenvalue weighted by molar-refractivity contribution is 0.103. The van der Waals surface area contributed by atoms with E-state index in [1.54, 1.807) is 32.4 Å². The van der Waals surface area contributed by atoms with E-state index in [9.17, 15) is 4.79 Å². The van der Waals surface area contributed by atoms with Gasteiger partial charge in [-0.2, -0.15) is 0 Å². The molecule has 110 valence electrons. The van der Waals surface area contributed by atoms with Crippen LogP contribution in [-0.2, 0) is 6.42 Å². The highest BCUT2D eigenvalue weighted by atomic mass is 16.5. The quantitative estimate of drug-likeness (QED) is 0.755. The molecule has 0 radical (unpaired) electrons. The molecule has 0 atom stereocenters. The fraction of sp³-hybridized carbons (Fsp3) is 0.278. The summed E-state index contributed by atoms with van der Waals surface area (Å²) in [6.07, 6.45) is 2.13. The van der Waals surface area contributed by atoms with Crippen molar-refractivity contribution in [2.24, 2.45) is 0 Å². The van der Waals surface area contributed by atoms with E-state index in [0.29, 0.717) is 22.6 Å². The lowest BCUT2D eigenvalue weighted by atomic mass is 10.0. The van der Waals surface area contributed by atoms with E-state index in [1.807, 2.05) is 24.3 Å². The maximum atomic E-state index is 12.5. The number of ether oxygens (including phenoxy) is 2. The predicted octanol–water partition coefficient (Wildman–Crippen LogP) is 3.89. The van der Waals surface area contributed by atoms with Crippen LogP contribution in [0.3, 0.4) is 0 Å². The van der Waals surface area contributed by atoms with E-state index in [-0.39, 0.29) is 5.78 Å². The number of carbonyl (C=O) groups is 1. The standard InChI is InChI=1S/C18H20O3/c1-4-5-13-6-8-14(9-7-13)18(19)15-10-11-16(20-2)17(12-15)21-3/h6-12H,4-5H2,1-3H3. The molecule has 0 fully saturated rings. The molecule has 0 aliphatic carbocycles. The highest BCUT2D eigenvalue weighted by molar-refractivity contribution is 6.09. The molecule has 2 rings (SSSR count). The highest BCUT2D eigenvalue weighted by Crippen LogP contribution is 2.28. The predicted molar refractivity (Wildman–Crippen MR) is 83.4 cm³/mol. The van der Waals surface area contributed by atoms with E-state index >= 15 is 0 Å². The summed E-state index contributed by atoms with van der Waals surface area (Å²) in [5, 5.41) is 0. The second-order valence-corrected chi connectivity index (χ2v) is 4.85. The normalized spacial score (nSPS) is 10.2. The van der Waals surface area contributed by atoms with Gasteiger partial charge in [0.2, 0.25) is 0 Å². The molecule has 0 aliphatic rings. The summed E-state index contributed by atoms with van der Waals surface area (Å²) in [6, 6.07) is 13.0. The van der Waals surface area contributed by atoms with Crippen molar-refractivity contribution < 1.29 is 14.3 Å². The Bertz CT molecular complexity index is 615. The molecule has 0 saturated carbocycles. The van der Waals surface area contributed by atoms with Gasteiger partial charge < -0.3 is 9.47 Å². The first-order valence-electron chi connectivity index (χ1n) is 7.05. The van der Waals surface area contributed by atoms with Gasteiger partial charge in [0.05, 0.1) is 14.2 Å². The van der Waals surface area contributed by atoms with E-state index in [1.165, 1.54) is 5.56 Å². The van der Waals surface area contributed by atoms with Gasteiger partial charge >= 0.3 is 0 Å². The van der Waals surface area contributed by atoms with Crippen molar-refractivity contribution in [3.8, 4) is 11.5 Å². The SMILES string of the molecule is CCCc1ccc(C(=O)c2ccc(OC)c(OC)c2)cc1. The first-order valence-corrected chi connectivity index (χ1v) is 7.05. The Hall–Kier alpha value is -2.29. The fourth-order valence-corrected chi connectivity index (χ4v) is 2.26. The van der Waals surface area contributed by atoms with Crippen LogP contribution in [0.2, 0.25) is 0 Å². The molecule has 3 nitrogen and oxygen atoms in total. The minimum absolute atomic E-state index is 0.0148. The molecule has 0 N–H and O–H groups in total. The summed E-state index contributed by atoms with van der Waals surface area (Å²) >= 11 is 0. The molecule has 3 heteroatoms. The number of hydrogen-bond donors (Lipinski definition) is 0. The topological polar surface area (TPSA) is 35.5 Å². The molecule has 21 heavy (non-hydrogen) atoms. The van der Waals surface area contributed by atoms with Gasteiger partial charge in [0, 0.05) is 11.1 Å². The average Bonchev–Trinajstić information content (AvgIpc) is 2.54. The summed E-state index contributed by atoms with van der Waals surface area (Å²) in [7, 11) is 3.14. The number of aryl methyl sites for hydroxylation is 1. The first-order chi connectivity index (χ1) is 10.2. The minimum Gasteiger partial charge on any atom is -0.493 e. The molecule has 0 spiro atoms. The monoisotopic (exact) mass is 284 g/mol. The van der Waals surface area contributed by atoms with Crippen LogP contribution >= 0.6 is 0 Å². The smallest absolute Gasteiger partial charge is 0.193 e. The third kappa shape index (κ3) is 3.43. The summed E-state index contributed by atoms with van der Waals surface area (Å²) in [6.45, 7) is 2.14. The lowest BCUT2D eigenvalue weighted by Crippen LogP contribution is -2.02. The number of rotatable bonds is 6. The Morgan fingerprint density at radius 3 is 2.10 bits per heavy atom. The Labute approximate surface area is 125 Å². The van der Waals surface area contributed by atoms with Crippen LogP contribution in [0.1, 0.15) is 34.8 Å². The third-order valence-corrected chi connectivity index (χ3v) is 3.40. The minimum atomic E-state index is -0.0148. The Balaban J connectivity index is 2.27. The average molecular weight is 284 g/mol. The summed E-state index contributed by atoms with van der Waals surface area (Å²) in [5.41, 5.74) is 2.53. The number of carbonyl (C=O) groups excluding carboxylic acids is 1. The van der Waals surface area contributed by atoms with Crippen LogP contribution in [0.4, 0.5) is 0 Å². The van der Waals surface area contributed by atoms with Gasteiger partial charge in [-0.25, -0.2) is 0 Å². The second kappa shape index (κ2) is 6.93. The van der Waals surface area contributed by atoms with Gasteiger partial charge in [-0.1, -0.05) is 37.6 Å².